The molecular formula is C33H49FO5. The second kappa shape index (κ2) is 17.3. The lowest BCUT2D eigenvalue weighted by atomic mass is 9.70. The minimum atomic E-state index is -0.606. The van der Waals surface area contributed by atoms with E-state index in [0.29, 0.717) is 19.0 Å². The molecule has 2 aliphatic rings. The summed E-state index contributed by atoms with van der Waals surface area (Å²) in [7, 11) is 0. The van der Waals surface area contributed by atoms with Gasteiger partial charge in [-0.15, -0.1) is 0 Å². The van der Waals surface area contributed by atoms with Crippen molar-refractivity contribution in [1.29, 1.82) is 0 Å². The van der Waals surface area contributed by atoms with Crippen LogP contribution in [0.25, 0.3) is 0 Å². The van der Waals surface area contributed by atoms with E-state index in [2.05, 4.69) is 13.5 Å². The molecule has 2 saturated carbocycles. The molecule has 0 N–H and O–H groups in total. The number of unbranched alkanes of at least 4 members (excludes halogenated alkanes) is 5. The summed E-state index contributed by atoms with van der Waals surface area (Å²) in [4.78, 5) is 23.7. The summed E-state index contributed by atoms with van der Waals surface area (Å²) in [6, 6.07) is 4.36. The molecule has 0 bridgehead atoms. The average molecular weight is 545 g/mol. The van der Waals surface area contributed by atoms with Crippen molar-refractivity contribution in [1.82, 2.24) is 0 Å². The molecule has 218 valence electrons. The van der Waals surface area contributed by atoms with Crippen LogP contribution in [-0.2, 0) is 14.3 Å². The van der Waals surface area contributed by atoms with E-state index in [0.717, 1.165) is 75.2 Å². The monoisotopic (exact) mass is 544 g/mol. The lowest BCUT2D eigenvalue weighted by molar-refractivity contribution is -0.137. The Balaban J connectivity index is 1.30. The van der Waals surface area contributed by atoms with Crippen LogP contribution in [0.2, 0.25) is 0 Å². The largest absolute Gasteiger partial charge is 0.493 e. The highest BCUT2D eigenvalue weighted by molar-refractivity contribution is 5.90. The van der Waals surface area contributed by atoms with Crippen LogP contribution in [0.4, 0.5) is 4.39 Å². The molecule has 0 unspecified atom stereocenters. The minimum Gasteiger partial charge on any atom is -0.493 e. The van der Waals surface area contributed by atoms with Gasteiger partial charge in [0.1, 0.15) is 17.7 Å². The van der Waals surface area contributed by atoms with Gasteiger partial charge in [0.15, 0.2) is 0 Å². The Kier molecular flexibility index (Phi) is 13.9. The van der Waals surface area contributed by atoms with Crippen LogP contribution in [0.1, 0.15) is 120 Å². The third-order valence-electron chi connectivity index (χ3n) is 8.65. The zero-order valence-electron chi connectivity index (χ0n) is 24.0. The first kappa shape index (κ1) is 31.2. The Labute approximate surface area is 234 Å². The van der Waals surface area contributed by atoms with E-state index in [-0.39, 0.29) is 11.7 Å². The Morgan fingerprint density at radius 2 is 1.56 bits per heavy atom. The van der Waals surface area contributed by atoms with Crippen molar-refractivity contribution in [3.63, 3.8) is 0 Å². The third kappa shape index (κ3) is 11.0. The molecule has 0 saturated heterocycles. The summed E-state index contributed by atoms with van der Waals surface area (Å²) in [6.07, 6.45) is 19.4. The van der Waals surface area contributed by atoms with Gasteiger partial charge in [0.05, 0.1) is 18.8 Å². The minimum absolute atomic E-state index is 0.0278. The lowest BCUT2D eigenvalue weighted by Crippen LogP contribution is -2.30. The van der Waals surface area contributed by atoms with E-state index >= 15 is 0 Å². The number of hydrogen-bond acceptors (Lipinski definition) is 5. The smallest absolute Gasteiger partial charge is 0.341 e. The molecule has 2 fully saturated rings. The standard InChI is InChI=1S/C33H49FO5/c1-3-5-8-11-25-12-14-26(15-13-25)27-16-18-28(19-17-27)39-33(36)30-21-20-29(24-31(30)34)37-22-9-6-7-10-23-38-32(35)4-2/h4,20-21,24-28H,2-3,5-19,22-23H2,1H3. The summed E-state index contributed by atoms with van der Waals surface area (Å²) in [5.74, 6) is 1.34. The van der Waals surface area contributed by atoms with Gasteiger partial charge in [-0.3, -0.25) is 0 Å². The fourth-order valence-corrected chi connectivity index (χ4v) is 6.25. The van der Waals surface area contributed by atoms with E-state index in [9.17, 15) is 14.0 Å². The predicted octanol–water partition coefficient (Wildman–Crippen LogP) is 8.60. The van der Waals surface area contributed by atoms with Crippen LogP contribution < -0.4 is 4.74 Å². The molecule has 39 heavy (non-hydrogen) atoms. The lowest BCUT2D eigenvalue weighted by Gasteiger charge is -2.37. The number of esters is 2. The molecule has 0 aliphatic heterocycles. The molecule has 0 radical (unpaired) electrons. The number of hydrogen-bond donors (Lipinski definition) is 0. The van der Waals surface area contributed by atoms with E-state index in [1.807, 2.05) is 0 Å². The Morgan fingerprint density at radius 1 is 0.897 bits per heavy atom. The van der Waals surface area contributed by atoms with E-state index in [4.69, 9.17) is 14.2 Å². The maximum atomic E-state index is 14.7. The number of rotatable bonds is 16. The van der Waals surface area contributed by atoms with Gasteiger partial charge in [-0.25, -0.2) is 14.0 Å². The summed E-state index contributed by atoms with van der Waals surface area (Å²) in [5.41, 5.74) is -0.0278. The van der Waals surface area contributed by atoms with Gasteiger partial charge in [-0.1, -0.05) is 52.0 Å². The maximum absolute atomic E-state index is 14.7. The zero-order chi connectivity index (χ0) is 27.9. The Hall–Kier alpha value is -2.37. The number of halogens is 1. The van der Waals surface area contributed by atoms with Gasteiger partial charge in [0.25, 0.3) is 0 Å². The number of ether oxygens (including phenoxy) is 3. The van der Waals surface area contributed by atoms with Crippen LogP contribution in [-0.4, -0.2) is 31.3 Å². The first-order valence-electron chi connectivity index (χ1n) is 15.4. The Morgan fingerprint density at radius 3 is 2.21 bits per heavy atom. The maximum Gasteiger partial charge on any atom is 0.341 e. The van der Waals surface area contributed by atoms with Gasteiger partial charge in [0.2, 0.25) is 0 Å². The summed E-state index contributed by atoms with van der Waals surface area (Å²) >= 11 is 0. The highest BCUT2D eigenvalue weighted by atomic mass is 19.1. The first-order valence-corrected chi connectivity index (χ1v) is 15.4. The van der Waals surface area contributed by atoms with Crippen molar-refractivity contribution in [3.05, 3.63) is 42.2 Å². The molecular weight excluding hydrogens is 495 g/mol. The number of carbonyl (C=O) groups excluding carboxylic acids is 2. The molecule has 0 aromatic heterocycles. The van der Waals surface area contributed by atoms with Crippen molar-refractivity contribution >= 4 is 11.9 Å². The van der Waals surface area contributed by atoms with Crippen LogP contribution in [0.3, 0.4) is 0 Å². The summed E-state index contributed by atoms with van der Waals surface area (Å²) < 4.78 is 31.0. The topological polar surface area (TPSA) is 61.8 Å². The van der Waals surface area contributed by atoms with Gasteiger partial charge in [-0.05, 0) is 94.1 Å². The number of carbonyl (C=O) groups is 2. The van der Waals surface area contributed by atoms with Crippen LogP contribution >= 0.6 is 0 Å². The average Bonchev–Trinajstić information content (AvgIpc) is 2.95. The van der Waals surface area contributed by atoms with E-state index < -0.39 is 17.8 Å². The van der Waals surface area contributed by atoms with Crippen molar-refractivity contribution in [3.8, 4) is 5.75 Å². The molecule has 0 spiro atoms. The normalized spacial score (nSPS) is 23.1. The molecule has 3 rings (SSSR count). The van der Waals surface area contributed by atoms with Gasteiger partial charge in [0, 0.05) is 12.1 Å². The van der Waals surface area contributed by atoms with Gasteiger partial charge in [-0.2, -0.15) is 0 Å². The van der Waals surface area contributed by atoms with Crippen LogP contribution in [0, 0.1) is 23.6 Å². The SMILES string of the molecule is C=CC(=O)OCCCCCCOc1ccc(C(=O)OC2CCC(C3CCC(CCCCC)CC3)CC2)c(F)c1. The fraction of sp³-hybridized carbons (Fsp3) is 0.697. The number of benzene rings is 1. The molecule has 5 nitrogen and oxygen atoms in total. The quantitative estimate of drug-likeness (QED) is 0.118. The third-order valence-corrected chi connectivity index (χ3v) is 8.65. The second-order valence-corrected chi connectivity index (χ2v) is 11.5. The highest BCUT2D eigenvalue weighted by Gasteiger charge is 2.32. The van der Waals surface area contributed by atoms with Crippen molar-refractivity contribution in [2.24, 2.45) is 17.8 Å². The molecule has 0 atom stereocenters. The van der Waals surface area contributed by atoms with Crippen molar-refractivity contribution in [2.75, 3.05) is 13.2 Å². The van der Waals surface area contributed by atoms with Crippen LogP contribution in [0.15, 0.2) is 30.9 Å². The molecule has 0 amide bonds. The molecule has 1 aromatic carbocycles. The second-order valence-electron chi connectivity index (χ2n) is 11.5. The predicted molar refractivity (Wildman–Crippen MR) is 152 cm³/mol. The molecule has 2 aliphatic carbocycles. The van der Waals surface area contributed by atoms with Crippen molar-refractivity contribution < 1.29 is 28.2 Å². The fourth-order valence-electron chi connectivity index (χ4n) is 6.25. The van der Waals surface area contributed by atoms with Crippen LogP contribution in [0.5, 0.6) is 5.75 Å². The van der Waals surface area contributed by atoms with Crippen molar-refractivity contribution in [2.45, 2.75) is 116 Å². The van der Waals surface area contributed by atoms with Gasteiger partial charge >= 0.3 is 11.9 Å². The first-order chi connectivity index (χ1) is 19.0. The van der Waals surface area contributed by atoms with E-state index in [1.165, 1.54) is 63.5 Å². The molecule has 0 heterocycles. The molecule has 6 heteroatoms. The summed E-state index contributed by atoms with van der Waals surface area (Å²) in [6.45, 7) is 6.47. The van der Waals surface area contributed by atoms with E-state index in [1.54, 1.807) is 6.07 Å². The van der Waals surface area contributed by atoms with Gasteiger partial charge < -0.3 is 14.2 Å². The highest BCUT2D eigenvalue weighted by Crippen LogP contribution is 2.41. The zero-order valence-corrected chi connectivity index (χ0v) is 24.0. The molecule has 1 aromatic rings. The summed E-state index contributed by atoms with van der Waals surface area (Å²) in [5, 5.41) is 0. The Bertz CT molecular complexity index is 884.